The van der Waals surface area contributed by atoms with Crippen LogP contribution in [-0.4, -0.2) is 18.5 Å². The number of unbranched alkanes of at least 4 members (excludes halogenated alkanes) is 1. The first-order valence-corrected chi connectivity index (χ1v) is 3.39. The summed E-state index contributed by atoms with van der Waals surface area (Å²) < 4.78 is 0. The van der Waals surface area contributed by atoms with Crippen LogP contribution in [0.1, 0.15) is 19.3 Å². The fourth-order valence-corrected chi connectivity index (χ4v) is 0.640. The van der Waals surface area contributed by atoms with Crippen LogP contribution in [0.25, 0.3) is 0 Å². The second-order valence-electron chi connectivity index (χ2n) is 2.26. The van der Waals surface area contributed by atoms with Crippen LogP contribution in [0.4, 0.5) is 0 Å². The van der Waals surface area contributed by atoms with Gasteiger partial charge in [-0.05, 0) is 19.4 Å². The molecule has 0 saturated heterocycles. The summed E-state index contributed by atoms with van der Waals surface area (Å²) in [5.74, 6) is -0.683. The molecule has 10 heavy (non-hydrogen) atoms. The summed E-state index contributed by atoms with van der Waals surface area (Å²) in [7, 11) is 0. The first-order valence-electron chi connectivity index (χ1n) is 3.39. The lowest BCUT2D eigenvalue weighted by Crippen LogP contribution is -2.31. The number of hydrogen-bond donors (Lipinski definition) is 2. The Morgan fingerprint density at radius 3 is 2.50 bits per heavy atom. The molecule has 1 amide bonds. The lowest BCUT2D eigenvalue weighted by atomic mass is 10.1. The van der Waals surface area contributed by atoms with Gasteiger partial charge in [0.15, 0.2) is 0 Å². The molecule has 0 heterocycles. The quantitative estimate of drug-likeness (QED) is 0.497. The summed E-state index contributed by atoms with van der Waals surface area (Å²) in [5.41, 5.74) is 17.1. The molecule has 1 atom stereocenters. The van der Waals surface area contributed by atoms with Gasteiger partial charge in [0, 0.05) is 0 Å². The van der Waals surface area contributed by atoms with E-state index in [-0.39, 0.29) is 0 Å². The minimum absolute atomic E-state index is 0.583. The van der Waals surface area contributed by atoms with Crippen LogP contribution in [0.15, 0.2) is 0 Å². The predicted molar refractivity (Wildman–Crippen MR) is 39.0 cm³/mol. The molecule has 0 aromatic carbocycles. The smallest absolute Gasteiger partial charge is 0.255 e. The largest absolute Gasteiger partial charge is 0.330 e. The molecule has 0 spiro atoms. The van der Waals surface area contributed by atoms with E-state index in [1.54, 1.807) is 0 Å². The second-order valence-corrected chi connectivity index (χ2v) is 2.26. The monoisotopic (exact) mass is 144 g/mol. The van der Waals surface area contributed by atoms with Gasteiger partial charge in [0.1, 0.15) is 0 Å². The molecule has 0 aliphatic carbocycles. The van der Waals surface area contributed by atoms with Gasteiger partial charge >= 0.3 is 0 Å². The van der Waals surface area contributed by atoms with Gasteiger partial charge < -0.3 is 11.5 Å². The van der Waals surface area contributed by atoms with Crippen LogP contribution >= 0.6 is 0 Å². The van der Waals surface area contributed by atoms with Crippen molar-refractivity contribution in [2.45, 2.75) is 25.3 Å². The Labute approximate surface area is 60.7 Å². The van der Waals surface area contributed by atoms with Gasteiger partial charge in [-0.2, -0.15) is 0 Å². The summed E-state index contributed by atoms with van der Waals surface area (Å²) in [4.78, 5) is 10.2. The lowest BCUT2D eigenvalue weighted by molar-refractivity contribution is -0.120. The van der Waals surface area contributed by atoms with E-state index in [2.05, 4.69) is 0 Å². The Morgan fingerprint density at radius 2 is 2.10 bits per heavy atom. The molecule has 0 rings (SSSR count). The summed E-state index contributed by atoms with van der Waals surface area (Å²) in [6.45, 7) is 0.624. The average Bonchev–Trinajstić information content (AvgIpc) is 1.88. The normalized spacial score (nSPS) is 13.0. The molecule has 0 saturated carbocycles. The molecule has 0 fully saturated rings. The van der Waals surface area contributed by atoms with Crippen molar-refractivity contribution in [3.63, 3.8) is 0 Å². The van der Waals surface area contributed by atoms with Crippen LogP contribution in [-0.2, 0) is 4.79 Å². The molecule has 0 bridgehead atoms. The highest BCUT2D eigenvalue weighted by Gasteiger charge is 2.07. The number of nitrogens with two attached hydrogens (primary N) is 2. The first kappa shape index (κ1) is 9.39. The third-order valence-electron chi connectivity index (χ3n) is 1.31. The van der Waals surface area contributed by atoms with Gasteiger partial charge in [0.05, 0.1) is 6.04 Å². The van der Waals surface area contributed by atoms with Crippen LogP contribution < -0.4 is 17.2 Å². The van der Waals surface area contributed by atoms with Crippen molar-refractivity contribution in [1.29, 1.82) is 0 Å². The molecular weight excluding hydrogens is 130 g/mol. The van der Waals surface area contributed by atoms with Crippen LogP contribution in [0.3, 0.4) is 0 Å². The van der Waals surface area contributed by atoms with Gasteiger partial charge in [-0.15, -0.1) is 0 Å². The number of hydrogen-bond acceptors (Lipinski definition) is 3. The number of rotatable bonds is 5. The Hall–Kier alpha value is -0.610. The zero-order chi connectivity index (χ0) is 7.98. The van der Waals surface area contributed by atoms with E-state index in [0.29, 0.717) is 13.0 Å². The summed E-state index contributed by atoms with van der Waals surface area (Å²) in [5, 5.41) is 0. The average molecular weight is 144 g/mol. The first-order chi connectivity index (χ1) is 4.68. The van der Waals surface area contributed by atoms with Gasteiger partial charge in [0.2, 0.25) is 0 Å². The topological polar surface area (TPSA) is 92.9 Å². The van der Waals surface area contributed by atoms with Gasteiger partial charge in [-0.25, -0.2) is 0 Å². The van der Waals surface area contributed by atoms with Crippen molar-refractivity contribution in [2.24, 2.45) is 11.5 Å². The summed E-state index contributed by atoms with van der Waals surface area (Å²) in [6, 6.07) is -0.605. The highest BCUT2D eigenvalue weighted by Crippen LogP contribution is 1.96. The standard InChI is InChI=1S/C6H14N3O/c7-4-2-1-3-5(8)6(9)10/h5,9H,1-4,7-8H2/t5-/m1/s1. The second kappa shape index (κ2) is 5.20. The van der Waals surface area contributed by atoms with Crippen molar-refractivity contribution in [2.75, 3.05) is 6.54 Å². The Balaban J connectivity index is 3.21. The molecule has 0 unspecified atom stereocenters. The Bertz CT molecular complexity index is 105. The number of carbonyl (C=O) groups excluding carboxylic acids is 1. The molecule has 0 aliphatic heterocycles. The molecule has 4 heteroatoms. The summed E-state index contributed by atoms with van der Waals surface area (Å²) in [6.07, 6.45) is 2.29. The van der Waals surface area contributed by atoms with E-state index in [0.717, 1.165) is 12.8 Å². The fourth-order valence-electron chi connectivity index (χ4n) is 0.640. The molecule has 4 nitrogen and oxygen atoms in total. The van der Waals surface area contributed by atoms with E-state index in [1.165, 1.54) is 0 Å². The molecular formula is C6H14N3O. The molecule has 0 aliphatic rings. The van der Waals surface area contributed by atoms with Gasteiger partial charge in [-0.1, -0.05) is 6.42 Å². The van der Waals surface area contributed by atoms with Crippen molar-refractivity contribution in [3.8, 4) is 0 Å². The van der Waals surface area contributed by atoms with Crippen LogP contribution in [0, 0.1) is 0 Å². The van der Waals surface area contributed by atoms with Crippen molar-refractivity contribution < 1.29 is 4.79 Å². The maximum atomic E-state index is 10.2. The van der Waals surface area contributed by atoms with E-state index >= 15 is 0 Å². The van der Waals surface area contributed by atoms with Gasteiger partial charge in [0.25, 0.3) is 5.91 Å². The minimum atomic E-state index is -0.683. The van der Waals surface area contributed by atoms with E-state index in [1.807, 2.05) is 0 Å². The lowest BCUT2D eigenvalue weighted by Gasteiger charge is -2.03. The maximum absolute atomic E-state index is 10.2. The zero-order valence-electron chi connectivity index (χ0n) is 5.97. The third-order valence-corrected chi connectivity index (χ3v) is 1.31. The van der Waals surface area contributed by atoms with Crippen molar-refractivity contribution >= 4 is 5.91 Å². The zero-order valence-corrected chi connectivity index (χ0v) is 5.97. The molecule has 0 aromatic heterocycles. The Morgan fingerprint density at radius 1 is 1.50 bits per heavy atom. The van der Waals surface area contributed by atoms with Crippen molar-refractivity contribution in [1.82, 2.24) is 5.73 Å². The molecule has 5 N–H and O–H groups in total. The Kier molecular flexibility index (Phi) is 4.88. The van der Waals surface area contributed by atoms with E-state index in [9.17, 15) is 4.79 Å². The third kappa shape index (κ3) is 4.29. The number of nitrogens with one attached hydrogen (secondary N) is 1. The minimum Gasteiger partial charge on any atom is -0.330 e. The number of carbonyl (C=O) groups is 1. The van der Waals surface area contributed by atoms with Gasteiger partial charge in [-0.3, -0.25) is 10.5 Å². The van der Waals surface area contributed by atoms with Crippen LogP contribution in [0.2, 0.25) is 0 Å². The fraction of sp³-hybridized carbons (Fsp3) is 0.833. The molecule has 0 aromatic rings. The van der Waals surface area contributed by atoms with E-state index < -0.39 is 11.9 Å². The predicted octanol–water partition coefficient (Wildman–Crippen LogP) is -0.748. The van der Waals surface area contributed by atoms with E-state index in [4.69, 9.17) is 17.2 Å². The van der Waals surface area contributed by atoms with Crippen molar-refractivity contribution in [3.05, 3.63) is 0 Å². The van der Waals surface area contributed by atoms with Crippen LogP contribution in [0.5, 0.6) is 0 Å². The summed E-state index contributed by atoms with van der Waals surface area (Å²) >= 11 is 0. The number of amides is 1. The highest BCUT2D eigenvalue weighted by atomic mass is 16.1. The SMILES string of the molecule is [NH]C(=O)[C@H](N)CCCCN. The highest BCUT2D eigenvalue weighted by molar-refractivity contribution is 5.78. The molecule has 1 radical (unpaired) electrons. The maximum Gasteiger partial charge on any atom is 0.255 e. The molecule has 59 valence electrons.